The van der Waals surface area contributed by atoms with E-state index in [1.807, 2.05) is 10.8 Å². The lowest BCUT2D eigenvalue weighted by Crippen LogP contribution is -2.40. The Morgan fingerprint density at radius 3 is 2.85 bits per heavy atom. The molecule has 1 saturated heterocycles. The first-order chi connectivity index (χ1) is 9.75. The van der Waals surface area contributed by atoms with Gasteiger partial charge in [-0.15, -0.1) is 0 Å². The zero-order chi connectivity index (χ0) is 13.8. The molecule has 5 nitrogen and oxygen atoms in total. The van der Waals surface area contributed by atoms with Gasteiger partial charge in [-0.2, -0.15) is 0 Å². The Balaban J connectivity index is 1.53. The molecule has 1 aliphatic rings. The zero-order valence-corrected chi connectivity index (χ0v) is 11.3. The molecule has 0 saturated carbocycles. The quantitative estimate of drug-likeness (QED) is 0.857. The largest absolute Gasteiger partial charge is 0.386 e. The number of hydrogen-bond acceptors (Lipinski definition) is 4. The van der Waals surface area contributed by atoms with Crippen LogP contribution in [0.3, 0.4) is 0 Å². The predicted molar refractivity (Wildman–Crippen MR) is 75.7 cm³/mol. The summed E-state index contributed by atoms with van der Waals surface area (Å²) in [7, 11) is 0. The predicted octanol–water partition coefficient (Wildman–Crippen LogP) is 1.11. The first-order valence-corrected chi connectivity index (χ1v) is 6.83. The lowest BCUT2D eigenvalue weighted by molar-refractivity contribution is 0.0268. The van der Waals surface area contributed by atoms with Gasteiger partial charge < -0.3 is 19.7 Å². The van der Waals surface area contributed by atoms with Gasteiger partial charge in [0, 0.05) is 44.2 Å². The summed E-state index contributed by atoms with van der Waals surface area (Å²) in [5.41, 5.74) is 1.59. The van der Waals surface area contributed by atoms with Gasteiger partial charge in [-0.05, 0) is 17.7 Å². The lowest BCUT2D eigenvalue weighted by Gasteiger charge is -2.20. The summed E-state index contributed by atoms with van der Waals surface area (Å²) in [6.07, 6.45) is 6.17. The van der Waals surface area contributed by atoms with E-state index in [4.69, 9.17) is 4.74 Å². The fraction of sp³-hybridized carbons (Fsp3) is 0.400. The molecule has 5 heteroatoms. The Labute approximate surface area is 118 Å². The van der Waals surface area contributed by atoms with Gasteiger partial charge in [-0.25, -0.2) is 4.98 Å². The van der Waals surface area contributed by atoms with Gasteiger partial charge in [0.2, 0.25) is 0 Å². The monoisotopic (exact) mass is 273 g/mol. The van der Waals surface area contributed by atoms with Crippen LogP contribution in [0, 0.1) is 0 Å². The molecule has 1 aromatic heterocycles. The molecule has 1 fully saturated rings. The van der Waals surface area contributed by atoms with Crippen LogP contribution in [0.15, 0.2) is 43.0 Å². The Morgan fingerprint density at radius 2 is 2.20 bits per heavy atom. The van der Waals surface area contributed by atoms with Crippen molar-refractivity contribution < 1.29 is 9.84 Å². The second-order valence-corrected chi connectivity index (χ2v) is 5.27. The number of benzene rings is 1. The van der Waals surface area contributed by atoms with Crippen LogP contribution in [-0.4, -0.2) is 40.0 Å². The molecule has 0 radical (unpaired) electrons. The van der Waals surface area contributed by atoms with Crippen molar-refractivity contribution in [3.05, 3.63) is 48.5 Å². The highest BCUT2D eigenvalue weighted by Gasteiger charge is 2.31. The summed E-state index contributed by atoms with van der Waals surface area (Å²) in [5, 5.41) is 13.4. The molecule has 1 aromatic carbocycles. The van der Waals surface area contributed by atoms with Gasteiger partial charge in [0.15, 0.2) is 0 Å². The van der Waals surface area contributed by atoms with Crippen molar-refractivity contribution in [3.8, 4) is 5.69 Å². The topological polar surface area (TPSA) is 59.3 Å². The van der Waals surface area contributed by atoms with Gasteiger partial charge in [-0.1, -0.05) is 12.1 Å². The standard InChI is InChI=1S/C15H19N3O2/c19-15(5-8-20-11-15)10-17-9-13-1-3-14(4-2-13)18-7-6-16-12-18/h1-4,6-7,12,17,19H,5,8-11H2. The lowest BCUT2D eigenvalue weighted by atomic mass is 10.0. The molecule has 0 spiro atoms. The molecule has 0 amide bonds. The van der Waals surface area contributed by atoms with Crippen molar-refractivity contribution in [1.29, 1.82) is 0 Å². The van der Waals surface area contributed by atoms with Gasteiger partial charge >= 0.3 is 0 Å². The zero-order valence-electron chi connectivity index (χ0n) is 11.3. The van der Waals surface area contributed by atoms with Crippen LogP contribution in [0.1, 0.15) is 12.0 Å². The summed E-state index contributed by atoms with van der Waals surface area (Å²) in [5.74, 6) is 0. The van der Waals surface area contributed by atoms with Gasteiger partial charge in [0.05, 0.1) is 12.9 Å². The Hall–Kier alpha value is -1.69. The van der Waals surface area contributed by atoms with Crippen molar-refractivity contribution in [2.75, 3.05) is 19.8 Å². The average Bonchev–Trinajstić information content (AvgIpc) is 3.11. The Morgan fingerprint density at radius 1 is 1.35 bits per heavy atom. The minimum atomic E-state index is -0.698. The van der Waals surface area contributed by atoms with Crippen LogP contribution >= 0.6 is 0 Å². The van der Waals surface area contributed by atoms with E-state index < -0.39 is 5.60 Å². The molecule has 20 heavy (non-hydrogen) atoms. The molecule has 1 unspecified atom stereocenters. The highest BCUT2D eigenvalue weighted by atomic mass is 16.5. The van der Waals surface area contributed by atoms with Crippen molar-refractivity contribution in [1.82, 2.24) is 14.9 Å². The van der Waals surface area contributed by atoms with Gasteiger partial charge in [0.1, 0.15) is 5.60 Å². The van der Waals surface area contributed by atoms with Crippen LogP contribution < -0.4 is 5.32 Å². The minimum Gasteiger partial charge on any atom is -0.386 e. The first-order valence-electron chi connectivity index (χ1n) is 6.83. The molecular formula is C15H19N3O2. The van der Waals surface area contributed by atoms with E-state index in [-0.39, 0.29) is 0 Å². The van der Waals surface area contributed by atoms with Gasteiger partial charge in [-0.3, -0.25) is 0 Å². The molecule has 0 aliphatic carbocycles. The second kappa shape index (κ2) is 5.75. The Bertz CT molecular complexity index is 531. The van der Waals surface area contributed by atoms with Crippen LogP contribution in [0.2, 0.25) is 0 Å². The molecule has 1 atom stereocenters. The van der Waals surface area contributed by atoms with Crippen molar-refractivity contribution in [2.24, 2.45) is 0 Å². The minimum absolute atomic E-state index is 0.430. The second-order valence-electron chi connectivity index (χ2n) is 5.27. The third kappa shape index (κ3) is 3.07. The molecule has 2 N–H and O–H groups in total. The number of nitrogens with one attached hydrogen (secondary N) is 1. The van der Waals surface area contributed by atoms with Crippen LogP contribution in [0.5, 0.6) is 0 Å². The number of aromatic nitrogens is 2. The number of nitrogens with zero attached hydrogens (tertiary/aromatic N) is 2. The fourth-order valence-electron chi connectivity index (χ4n) is 2.37. The summed E-state index contributed by atoms with van der Waals surface area (Å²) in [6.45, 7) is 2.39. The van der Waals surface area contributed by atoms with E-state index in [1.54, 1.807) is 12.5 Å². The molecule has 3 rings (SSSR count). The van der Waals surface area contributed by atoms with E-state index >= 15 is 0 Å². The van der Waals surface area contributed by atoms with E-state index in [0.29, 0.717) is 26.2 Å². The van der Waals surface area contributed by atoms with E-state index in [1.165, 1.54) is 5.56 Å². The number of hydrogen-bond donors (Lipinski definition) is 2. The Kier molecular flexibility index (Phi) is 3.82. The third-order valence-corrected chi connectivity index (χ3v) is 3.60. The smallest absolute Gasteiger partial charge is 0.102 e. The fourth-order valence-corrected chi connectivity index (χ4v) is 2.37. The van der Waals surface area contributed by atoms with Gasteiger partial charge in [0.25, 0.3) is 0 Å². The first kappa shape index (κ1) is 13.3. The summed E-state index contributed by atoms with van der Waals surface area (Å²) in [6, 6.07) is 8.28. The van der Waals surface area contributed by atoms with Crippen LogP contribution in [-0.2, 0) is 11.3 Å². The summed E-state index contributed by atoms with van der Waals surface area (Å²) >= 11 is 0. The summed E-state index contributed by atoms with van der Waals surface area (Å²) < 4.78 is 7.19. The molecular weight excluding hydrogens is 254 g/mol. The molecule has 2 heterocycles. The highest BCUT2D eigenvalue weighted by Crippen LogP contribution is 2.17. The van der Waals surface area contributed by atoms with Crippen LogP contribution in [0.4, 0.5) is 0 Å². The molecule has 1 aliphatic heterocycles. The van der Waals surface area contributed by atoms with E-state index in [2.05, 4.69) is 34.6 Å². The molecule has 106 valence electrons. The van der Waals surface area contributed by atoms with Crippen molar-refractivity contribution in [3.63, 3.8) is 0 Å². The number of rotatable bonds is 5. The number of aliphatic hydroxyl groups is 1. The van der Waals surface area contributed by atoms with Crippen molar-refractivity contribution >= 4 is 0 Å². The number of ether oxygens (including phenoxy) is 1. The normalized spacial score (nSPS) is 22.2. The maximum atomic E-state index is 10.1. The van der Waals surface area contributed by atoms with E-state index in [9.17, 15) is 5.11 Å². The van der Waals surface area contributed by atoms with Crippen molar-refractivity contribution in [2.45, 2.75) is 18.6 Å². The molecule has 0 bridgehead atoms. The maximum Gasteiger partial charge on any atom is 0.102 e. The number of imidazole rings is 1. The SMILES string of the molecule is OC1(CNCc2ccc(-n3ccnc3)cc2)CCOC1. The average molecular weight is 273 g/mol. The maximum absolute atomic E-state index is 10.1. The van der Waals surface area contributed by atoms with E-state index in [0.717, 1.165) is 12.2 Å². The third-order valence-electron chi connectivity index (χ3n) is 3.60. The molecule has 2 aromatic rings. The summed E-state index contributed by atoms with van der Waals surface area (Å²) in [4.78, 5) is 4.03. The highest BCUT2D eigenvalue weighted by molar-refractivity contribution is 5.34. The van der Waals surface area contributed by atoms with Crippen LogP contribution in [0.25, 0.3) is 5.69 Å².